The number of aliphatic carboxylic acids is 1. The maximum Gasteiger partial charge on any atom is 0.408 e. The van der Waals surface area contributed by atoms with Gasteiger partial charge in [-0.25, -0.2) is 9.59 Å². The van der Waals surface area contributed by atoms with Crippen molar-refractivity contribution in [3.05, 3.63) is 93.7 Å². The van der Waals surface area contributed by atoms with Gasteiger partial charge in [-0.3, -0.25) is 4.79 Å². The zero-order chi connectivity index (χ0) is 24.1. The molecule has 2 aromatic carbocycles. The lowest BCUT2D eigenvalue weighted by Gasteiger charge is -2.19. The fourth-order valence-corrected chi connectivity index (χ4v) is 4.75. The molecule has 4 rings (SSSR count). The van der Waals surface area contributed by atoms with E-state index in [2.05, 4.69) is 22.8 Å². The number of carboxylic acid groups (broad SMARTS) is 1. The van der Waals surface area contributed by atoms with E-state index in [1.807, 2.05) is 41.8 Å². The topological polar surface area (TPSA) is 105 Å². The summed E-state index contributed by atoms with van der Waals surface area (Å²) in [5, 5.41) is 16.0. The van der Waals surface area contributed by atoms with Crippen LogP contribution in [0.2, 0.25) is 0 Å². The Labute approximate surface area is 201 Å². The lowest BCUT2D eigenvalue weighted by Crippen LogP contribution is -2.40. The van der Waals surface area contributed by atoms with Crippen molar-refractivity contribution in [3.8, 4) is 11.1 Å². The first-order valence-corrected chi connectivity index (χ1v) is 11.7. The minimum absolute atomic E-state index is 0.0329. The highest BCUT2D eigenvalue weighted by Gasteiger charge is 2.30. The van der Waals surface area contributed by atoms with Gasteiger partial charge in [-0.1, -0.05) is 60.7 Å². The standard InChI is InChI=1S/C26H24N2O5S/c1-16(25(30)31)12-13-27-24(29)23(22-11-6-14-34-22)28-26(32)33-15-21-19-9-4-2-7-17(19)18-8-3-5-10-20(18)21/h2-12,14,21,23H,13,15H2,1H3,(H,27,29)(H,28,32)(H,30,31)/b16-12+. The van der Waals surface area contributed by atoms with Crippen LogP contribution >= 0.6 is 11.3 Å². The number of carbonyl (C=O) groups excluding carboxylic acids is 2. The normalized spacial score (nSPS) is 13.5. The van der Waals surface area contributed by atoms with E-state index in [4.69, 9.17) is 9.84 Å². The van der Waals surface area contributed by atoms with E-state index in [-0.39, 0.29) is 24.6 Å². The van der Waals surface area contributed by atoms with Crippen LogP contribution in [-0.4, -0.2) is 36.2 Å². The molecule has 1 aromatic heterocycles. The smallest absolute Gasteiger partial charge is 0.408 e. The van der Waals surface area contributed by atoms with Crippen molar-refractivity contribution in [1.29, 1.82) is 0 Å². The van der Waals surface area contributed by atoms with Crippen LogP contribution in [0.3, 0.4) is 0 Å². The van der Waals surface area contributed by atoms with Crippen molar-refractivity contribution >= 4 is 29.3 Å². The van der Waals surface area contributed by atoms with Gasteiger partial charge in [0.2, 0.25) is 5.91 Å². The molecule has 7 nitrogen and oxygen atoms in total. The van der Waals surface area contributed by atoms with E-state index < -0.39 is 24.0 Å². The van der Waals surface area contributed by atoms with E-state index in [0.717, 1.165) is 22.3 Å². The van der Waals surface area contributed by atoms with Crippen molar-refractivity contribution < 1.29 is 24.2 Å². The SMILES string of the molecule is C/C(=C\CNC(=O)C(NC(=O)OCC1c2ccccc2-c2ccccc21)c1cccs1)C(=O)O. The number of carbonyl (C=O) groups is 3. The highest BCUT2D eigenvalue weighted by Crippen LogP contribution is 2.44. The lowest BCUT2D eigenvalue weighted by atomic mass is 9.98. The van der Waals surface area contributed by atoms with Gasteiger partial charge in [0, 0.05) is 22.9 Å². The zero-order valence-corrected chi connectivity index (χ0v) is 19.3. The van der Waals surface area contributed by atoms with E-state index >= 15 is 0 Å². The van der Waals surface area contributed by atoms with E-state index in [0.29, 0.717) is 4.88 Å². The maximum absolute atomic E-state index is 12.8. The highest BCUT2D eigenvalue weighted by atomic mass is 32.1. The minimum Gasteiger partial charge on any atom is -0.478 e. The van der Waals surface area contributed by atoms with Crippen LogP contribution in [0.1, 0.15) is 34.9 Å². The Morgan fingerprint density at radius 3 is 2.26 bits per heavy atom. The van der Waals surface area contributed by atoms with Crippen molar-refractivity contribution in [2.75, 3.05) is 13.2 Å². The molecular weight excluding hydrogens is 452 g/mol. The van der Waals surface area contributed by atoms with Crippen LogP contribution in [0.4, 0.5) is 4.79 Å². The molecule has 0 saturated heterocycles. The Hall–Kier alpha value is -3.91. The zero-order valence-electron chi connectivity index (χ0n) is 18.5. The molecule has 0 spiro atoms. The number of amides is 2. The first-order chi connectivity index (χ1) is 16.5. The van der Waals surface area contributed by atoms with Crippen molar-refractivity contribution in [1.82, 2.24) is 10.6 Å². The Bertz CT molecular complexity index is 1190. The Morgan fingerprint density at radius 2 is 1.68 bits per heavy atom. The summed E-state index contributed by atoms with van der Waals surface area (Å²) < 4.78 is 5.58. The summed E-state index contributed by atoms with van der Waals surface area (Å²) in [5.74, 6) is -1.59. The van der Waals surface area contributed by atoms with Crippen molar-refractivity contribution in [3.63, 3.8) is 0 Å². The third-order valence-electron chi connectivity index (χ3n) is 5.72. The van der Waals surface area contributed by atoms with Gasteiger partial charge in [0.05, 0.1) is 0 Å². The third-order valence-corrected chi connectivity index (χ3v) is 6.65. The summed E-state index contributed by atoms with van der Waals surface area (Å²) in [6.07, 6.45) is 0.701. The number of alkyl carbamates (subject to hydrolysis) is 1. The number of nitrogens with one attached hydrogen (secondary N) is 2. The average Bonchev–Trinajstić information content (AvgIpc) is 3.48. The fourth-order valence-electron chi connectivity index (χ4n) is 3.97. The Morgan fingerprint density at radius 1 is 1.03 bits per heavy atom. The number of hydrogen-bond donors (Lipinski definition) is 3. The number of rotatable bonds is 8. The van der Waals surface area contributed by atoms with E-state index in [1.54, 1.807) is 12.1 Å². The van der Waals surface area contributed by atoms with Gasteiger partial charge in [-0.15, -0.1) is 11.3 Å². The quantitative estimate of drug-likeness (QED) is 0.416. The van der Waals surface area contributed by atoms with Gasteiger partial charge in [0.1, 0.15) is 12.6 Å². The monoisotopic (exact) mass is 476 g/mol. The molecule has 1 atom stereocenters. The predicted octanol–water partition coefficient (Wildman–Crippen LogP) is 4.48. The summed E-state index contributed by atoms with van der Waals surface area (Å²) in [6.45, 7) is 1.62. The summed E-state index contributed by atoms with van der Waals surface area (Å²) in [6, 6.07) is 18.7. The molecular formula is C26H24N2O5S. The molecule has 3 aromatic rings. The number of benzene rings is 2. The Balaban J connectivity index is 1.42. The molecule has 0 fully saturated rings. The molecule has 0 bridgehead atoms. The number of fused-ring (bicyclic) bond motifs is 3. The molecule has 0 radical (unpaired) electrons. The van der Waals surface area contributed by atoms with Crippen LogP contribution < -0.4 is 10.6 Å². The van der Waals surface area contributed by atoms with Crippen LogP contribution in [0.25, 0.3) is 11.1 Å². The second-order valence-corrected chi connectivity index (χ2v) is 8.84. The van der Waals surface area contributed by atoms with Gasteiger partial charge >= 0.3 is 12.1 Å². The van der Waals surface area contributed by atoms with E-state index in [1.165, 1.54) is 24.3 Å². The second kappa shape index (κ2) is 10.4. The molecule has 3 N–H and O–H groups in total. The summed E-state index contributed by atoms with van der Waals surface area (Å²) in [7, 11) is 0. The van der Waals surface area contributed by atoms with Gasteiger partial charge in [0.15, 0.2) is 0 Å². The van der Waals surface area contributed by atoms with Crippen LogP contribution in [0, 0.1) is 0 Å². The summed E-state index contributed by atoms with van der Waals surface area (Å²) >= 11 is 1.33. The molecule has 174 valence electrons. The molecule has 1 aliphatic carbocycles. The van der Waals surface area contributed by atoms with Gasteiger partial charge in [-0.05, 0) is 40.6 Å². The van der Waals surface area contributed by atoms with Crippen LogP contribution in [0.15, 0.2) is 77.7 Å². The highest BCUT2D eigenvalue weighted by molar-refractivity contribution is 7.10. The van der Waals surface area contributed by atoms with Gasteiger partial charge in [0.25, 0.3) is 0 Å². The molecule has 1 aliphatic rings. The summed E-state index contributed by atoms with van der Waals surface area (Å²) in [5.41, 5.74) is 4.59. The third kappa shape index (κ3) is 5.02. The van der Waals surface area contributed by atoms with Gasteiger partial charge in [-0.2, -0.15) is 0 Å². The van der Waals surface area contributed by atoms with Gasteiger partial charge < -0.3 is 20.5 Å². The van der Waals surface area contributed by atoms with Crippen LogP contribution in [-0.2, 0) is 14.3 Å². The first kappa shape index (κ1) is 23.3. The number of carboxylic acids is 1. The fraction of sp³-hybridized carbons (Fsp3) is 0.192. The molecule has 1 unspecified atom stereocenters. The lowest BCUT2D eigenvalue weighted by molar-refractivity contribution is -0.132. The number of hydrogen-bond acceptors (Lipinski definition) is 5. The molecule has 8 heteroatoms. The molecule has 0 aliphatic heterocycles. The summed E-state index contributed by atoms with van der Waals surface area (Å²) in [4.78, 5) is 37.0. The average molecular weight is 477 g/mol. The molecule has 1 heterocycles. The number of thiophene rings is 1. The molecule has 0 saturated carbocycles. The maximum atomic E-state index is 12.8. The van der Waals surface area contributed by atoms with Crippen molar-refractivity contribution in [2.45, 2.75) is 18.9 Å². The van der Waals surface area contributed by atoms with E-state index in [9.17, 15) is 14.4 Å². The largest absolute Gasteiger partial charge is 0.478 e. The molecule has 2 amide bonds. The van der Waals surface area contributed by atoms with Crippen molar-refractivity contribution in [2.24, 2.45) is 0 Å². The Kier molecular flexibility index (Phi) is 7.08. The number of ether oxygens (including phenoxy) is 1. The first-order valence-electron chi connectivity index (χ1n) is 10.8. The molecule has 34 heavy (non-hydrogen) atoms. The van der Waals surface area contributed by atoms with Crippen LogP contribution in [0.5, 0.6) is 0 Å². The minimum atomic E-state index is -1.05. The predicted molar refractivity (Wildman–Crippen MR) is 130 cm³/mol. The second-order valence-electron chi connectivity index (χ2n) is 7.86.